The Morgan fingerprint density at radius 3 is 2.64 bits per heavy atom. The van der Waals surface area contributed by atoms with Gasteiger partial charge in [-0.05, 0) is 25.0 Å². The Labute approximate surface area is 141 Å². The van der Waals surface area contributed by atoms with Gasteiger partial charge in [-0.2, -0.15) is 18.3 Å². The molecule has 3 heterocycles. The lowest BCUT2D eigenvalue weighted by molar-refractivity contribution is -0.141. The van der Waals surface area contributed by atoms with Gasteiger partial charge in [-0.1, -0.05) is 0 Å². The standard InChI is InChI=1S/C15H17F3N6O/c1-25-9-6-10(14-19-13(22-23-14)8-2-3-8)24(7-9)12-5-4-11(20-21-12)15(16,17)18/h4-5,8-10H,2-3,6-7H2,1H3,(H,19,22,23)/t9-,10+/m1/s1. The van der Waals surface area contributed by atoms with E-state index in [1.54, 1.807) is 7.11 Å². The van der Waals surface area contributed by atoms with Gasteiger partial charge in [0.05, 0.1) is 12.1 Å². The molecule has 1 aliphatic carbocycles. The monoisotopic (exact) mass is 354 g/mol. The van der Waals surface area contributed by atoms with Crippen LogP contribution in [-0.4, -0.2) is 45.1 Å². The maximum absolute atomic E-state index is 12.7. The lowest BCUT2D eigenvalue weighted by Crippen LogP contribution is -2.27. The summed E-state index contributed by atoms with van der Waals surface area (Å²) in [5.41, 5.74) is -1.01. The van der Waals surface area contributed by atoms with Crippen LogP contribution in [0.1, 0.15) is 48.6 Å². The van der Waals surface area contributed by atoms with Crippen LogP contribution in [0.5, 0.6) is 0 Å². The van der Waals surface area contributed by atoms with E-state index in [1.807, 2.05) is 4.90 Å². The van der Waals surface area contributed by atoms with Crippen LogP contribution >= 0.6 is 0 Å². The zero-order valence-electron chi connectivity index (χ0n) is 13.5. The number of hydrogen-bond donors (Lipinski definition) is 1. The fourth-order valence-electron chi connectivity index (χ4n) is 3.07. The maximum Gasteiger partial charge on any atom is 0.435 e. The number of anilines is 1. The van der Waals surface area contributed by atoms with E-state index in [1.165, 1.54) is 6.07 Å². The first-order chi connectivity index (χ1) is 12.0. The molecule has 1 saturated carbocycles. The van der Waals surface area contributed by atoms with Crippen molar-refractivity contribution < 1.29 is 17.9 Å². The molecule has 2 aliphatic rings. The van der Waals surface area contributed by atoms with Gasteiger partial charge < -0.3 is 9.64 Å². The van der Waals surface area contributed by atoms with Crippen molar-refractivity contribution >= 4 is 5.82 Å². The van der Waals surface area contributed by atoms with Crippen LogP contribution in [0, 0.1) is 0 Å². The molecular weight excluding hydrogens is 337 g/mol. The molecule has 4 rings (SSSR count). The average Bonchev–Trinajstić information content (AvgIpc) is 3.17. The third-order valence-corrected chi connectivity index (χ3v) is 4.61. The molecule has 134 valence electrons. The van der Waals surface area contributed by atoms with Gasteiger partial charge in [-0.25, -0.2) is 4.98 Å². The van der Waals surface area contributed by atoms with Crippen molar-refractivity contribution in [1.82, 2.24) is 25.4 Å². The molecule has 2 aromatic heterocycles. The van der Waals surface area contributed by atoms with Crippen molar-refractivity contribution in [1.29, 1.82) is 0 Å². The number of ether oxygens (including phenoxy) is 1. The molecule has 0 radical (unpaired) electrons. The number of aromatic nitrogens is 5. The second-order valence-electron chi connectivity index (χ2n) is 6.39. The van der Waals surface area contributed by atoms with Crippen LogP contribution in [0.3, 0.4) is 0 Å². The Morgan fingerprint density at radius 2 is 2.04 bits per heavy atom. The van der Waals surface area contributed by atoms with Crippen LogP contribution in [0.2, 0.25) is 0 Å². The van der Waals surface area contributed by atoms with Gasteiger partial charge in [0.2, 0.25) is 0 Å². The summed E-state index contributed by atoms with van der Waals surface area (Å²) < 4.78 is 43.5. The van der Waals surface area contributed by atoms with Crippen LogP contribution in [0.15, 0.2) is 12.1 Å². The molecule has 0 aromatic carbocycles. The van der Waals surface area contributed by atoms with E-state index >= 15 is 0 Å². The maximum atomic E-state index is 12.7. The molecule has 0 unspecified atom stereocenters. The number of nitrogens with one attached hydrogen (secondary N) is 1. The van der Waals surface area contributed by atoms with Gasteiger partial charge in [-0.15, -0.1) is 10.2 Å². The molecule has 1 saturated heterocycles. The van der Waals surface area contributed by atoms with E-state index in [0.29, 0.717) is 30.5 Å². The summed E-state index contributed by atoms with van der Waals surface area (Å²) in [6.07, 6.45) is -1.73. The molecule has 1 N–H and O–H groups in total. The fourth-order valence-corrected chi connectivity index (χ4v) is 3.07. The van der Waals surface area contributed by atoms with Crippen molar-refractivity contribution in [3.63, 3.8) is 0 Å². The molecule has 2 aromatic rings. The lowest BCUT2D eigenvalue weighted by atomic mass is 10.2. The van der Waals surface area contributed by atoms with Gasteiger partial charge in [-0.3, -0.25) is 5.10 Å². The molecule has 0 amide bonds. The summed E-state index contributed by atoms with van der Waals surface area (Å²) in [6, 6.07) is 2.09. The van der Waals surface area contributed by atoms with E-state index in [4.69, 9.17) is 4.74 Å². The van der Waals surface area contributed by atoms with Crippen LogP contribution < -0.4 is 4.90 Å². The van der Waals surface area contributed by atoms with Crippen LogP contribution in [0.4, 0.5) is 19.0 Å². The van der Waals surface area contributed by atoms with Crippen molar-refractivity contribution in [2.45, 2.75) is 43.5 Å². The van der Waals surface area contributed by atoms with Crippen molar-refractivity contribution in [2.75, 3.05) is 18.6 Å². The van der Waals surface area contributed by atoms with E-state index in [2.05, 4.69) is 25.4 Å². The second kappa shape index (κ2) is 5.94. The SMILES string of the molecule is CO[C@@H]1C[C@@H](c2nc(C3CC3)n[nH]2)N(c2ccc(C(F)(F)F)nn2)C1. The largest absolute Gasteiger partial charge is 0.435 e. The highest BCUT2D eigenvalue weighted by Crippen LogP contribution is 2.40. The minimum Gasteiger partial charge on any atom is -0.380 e. The predicted molar refractivity (Wildman–Crippen MR) is 80.9 cm³/mol. The normalized spacial score (nSPS) is 24.1. The number of aromatic amines is 1. The first-order valence-corrected chi connectivity index (χ1v) is 8.08. The summed E-state index contributed by atoms with van der Waals surface area (Å²) in [7, 11) is 1.61. The van der Waals surface area contributed by atoms with Crippen molar-refractivity contribution in [3.05, 3.63) is 29.5 Å². The number of hydrogen-bond acceptors (Lipinski definition) is 6. The smallest absolute Gasteiger partial charge is 0.380 e. The number of methoxy groups -OCH3 is 1. The average molecular weight is 354 g/mol. The number of halogens is 3. The molecule has 0 spiro atoms. The highest BCUT2D eigenvalue weighted by molar-refractivity contribution is 5.42. The molecule has 10 heteroatoms. The van der Waals surface area contributed by atoms with Crippen molar-refractivity contribution in [3.8, 4) is 0 Å². The highest BCUT2D eigenvalue weighted by atomic mass is 19.4. The second-order valence-corrected chi connectivity index (χ2v) is 6.39. The summed E-state index contributed by atoms with van der Waals surface area (Å²) in [6.45, 7) is 0.501. The van der Waals surface area contributed by atoms with Gasteiger partial charge in [0.25, 0.3) is 0 Å². The summed E-state index contributed by atoms with van der Waals surface area (Å²) in [5.74, 6) is 2.27. The molecule has 1 aliphatic heterocycles. The molecule has 25 heavy (non-hydrogen) atoms. The predicted octanol–water partition coefficient (Wildman–Crippen LogP) is 2.46. The molecule has 2 fully saturated rings. The topological polar surface area (TPSA) is 79.8 Å². The van der Waals surface area contributed by atoms with E-state index in [-0.39, 0.29) is 12.1 Å². The Balaban J connectivity index is 1.60. The fraction of sp³-hybridized carbons (Fsp3) is 0.600. The number of nitrogens with zero attached hydrogens (tertiary/aromatic N) is 5. The Bertz CT molecular complexity index is 742. The Morgan fingerprint density at radius 1 is 1.24 bits per heavy atom. The Hall–Kier alpha value is -2.23. The molecular formula is C15H17F3N6O. The number of rotatable bonds is 4. The number of alkyl halides is 3. The molecule has 7 nitrogen and oxygen atoms in total. The summed E-state index contributed by atoms with van der Waals surface area (Å²) >= 11 is 0. The van der Waals surface area contributed by atoms with E-state index in [9.17, 15) is 13.2 Å². The minimum atomic E-state index is -4.50. The first-order valence-electron chi connectivity index (χ1n) is 8.08. The highest BCUT2D eigenvalue weighted by Gasteiger charge is 2.38. The van der Waals surface area contributed by atoms with E-state index < -0.39 is 11.9 Å². The van der Waals surface area contributed by atoms with Gasteiger partial charge >= 0.3 is 6.18 Å². The quantitative estimate of drug-likeness (QED) is 0.909. The summed E-state index contributed by atoms with van der Waals surface area (Å²) in [4.78, 5) is 6.42. The zero-order valence-corrected chi connectivity index (χ0v) is 13.5. The van der Waals surface area contributed by atoms with Gasteiger partial charge in [0, 0.05) is 26.0 Å². The van der Waals surface area contributed by atoms with Crippen LogP contribution in [-0.2, 0) is 10.9 Å². The van der Waals surface area contributed by atoms with Crippen molar-refractivity contribution in [2.24, 2.45) is 0 Å². The molecule has 0 bridgehead atoms. The molecule has 2 atom stereocenters. The van der Waals surface area contributed by atoms with Gasteiger partial charge in [0.1, 0.15) is 5.82 Å². The van der Waals surface area contributed by atoms with Gasteiger partial charge in [0.15, 0.2) is 17.3 Å². The lowest BCUT2D eigenvalue weighted by Gasteiger charge is -2.23. The first kappa shape index (κ1) is 16.2. The summed E-state index contributed by atoms with van der Waals surface area (Å²) in [5, 5.41) is 14.3. The zero-order chi connectivity index (χ0) is 17.6. The van der Waals surface area contributed by atoms with Crippen LogP contribution in [0.25, 0.3) is 0 Å². The Kier molecular flexibility index (Phi) is 3.86. The third-order valence-electron chi connectivity index (χ3n) is 4.61. The third kappa shape index (κ3) is 3.17. The number of H-pyrrole nitrogens is 1. The van der Waals surface area contributed by atoms with E-state index in [0.717, 1.165) is 24.7 Å². The minimum absolute atomic E-state index is 0.0661.